The average molecular weight is 181 g/mol. The molecule has 0 spiro atoms. The second-order valence-electron chi connectivity index (χ2n) is 1.74. The molecule has 12 heavy (non-hydrogen) atoms. The van der Waals surface area contributed by atoms with Gasteiger partial charge in [0.25, 0.3) is 5.82 Å². The van der Waals surface area contributed by atoms with E-state index in [0.29, 0.717) is 0 Å². The summed E-state index contributed by atoms with van der Waals surface area (Å²) in [5, 5.41) is 5.02. The van der Waals surface area contributed by atoms with Crippen LogP contribution < -0.4 is 0 Å². The maximum atomic E-state index is 11.7. The van der Waals surface area contributed by atoms with Crippen molar-refractivity contribution in [2.75, 3.05) is 0 Å². The Balaban J connectivity index is 0.000000561. The van der Waals surface area contributed by atoms with E-state index >= 15 is 0 Å². The number of aromatic amines is 1. The topological polar surface area (TPSA) is 41.6 Å². The van der Waals surface area contributed by atoms with E-state index in [0.717, 1.165) is 0 Å². The fourth-order valence-corrected chi connectivity index (χ4v) is 0.469. The number of hydrogen-bond acceptors (Lipinski definition) is 2. The second-order valence-corrected chi connectivity index (χ2v) is 1.74. The number of hydrogen-bond donors (Lipinski definition) is 1. The number of aryl methyl sites for hydroxylation is 1. The van der Waals surface area contributed by atoms with Crippen molar-refractivity contribution in [2.24, 2.45) is 0 Å². The first-order chi connectivity index (χ1) is 5.50. The molecule has 0 fully saturated rings. The molecule has 0 saturated carbocycles. The molecular weight excluding hydrogens is 171 g/mol. The molecule has 1 rings (SSSR count). The largest absolute Gasteiger partial charge is 0.453 e. The van der Waals surface area contributed by atoms with Gasteiger partial charge in [0.05, 0.1) is 0 Å². The molecule has 0 amide bonds. The standard InChI is InChI=1S/C4H4F3N3.C2H6/c1-2-8-3(10-9-2)4(5,6)7;1-2/h1H3,(H,8,9,10);1-2H3. The molecule has 6 heteroatoms. The highest BCUT2D eigenvalue weighted by molar-refractivity contribution is 4.91. The molecule has 0 aliphatic heterocycles. The molecule has 70 valence electrons. The molecule has 1 heterocycles. The van der Waals surface area contributed by atoms with Gasteiger partial charge in [-0.25, -0.2) is 4.98 Å². The fraction of sp³-hybridized carbons (Fsp3) is 0.667. The Morgan fingerprint density at radius 1 is 1.25 bits per heavy atom. The lowest BCUT2D eigenvalue weighted by Crippen LogP contribution is -2.07. The predicted octanol–water partition coefficient (Wildman–Crippen LogP) is 2.16. The van der Waals surface area contributed by atoms with Gasteiger partial charge in [0.1, 0.15) is 5.82 Å². The molecule has 3 nitrogen and oxygen atoms in total. The first-order valence-corrected chi connectivity index (χ1v) is 3.46. The Morgan fingerprint density at radius 2 is 1.75 bits per heavy atom. The molecular formula is C6H10F3N3. The van der Waals surface area contributed by atoms with E-state index in [1.54, 1.807) is 0 Å². The van der Waals surface area contributed by atoms with Crippen molar-refractivity contribution >= 4 is 0 Å². The van der Waals surface area contributed by atoms with Crippen LogP contribution in [0.1, 0.15) is 25.5 Å². The van der Waals surface area contributed by atoms with E-state index in [4.69, 9.17) is 0 Å². The molecule has 1 aromatic rings. The van der Waals surface area contributed by atoms with E-state index in [9.17, 15) is 13.2 Å². The summed E-state index contributed by atoms with van der Waals surface area (Å²) in [6.45, 7) is 5.40. The van der Waals surface area contributed by atoms with Gasteiger partial charge in [0, 0.05) is 0 Å². The molecule has 0 unspecified atom stereocenters. The maximum absolute atomic E-state index is 11.7. The van der Waals surface area contributed by atoms with Crippen LogP contribution >= 0.6 is 0 Å². The van der Waals surface area contributed by atoms with Crippen LogP contribution in [-0.2, 0) is 6.18 Å². The molecule has 1 aromatic heterocycles. The minimum absolute atomic E-state index is 0.160. The van der Waals surface area contributed by atoms with Gasteiger partial charge in [0.15, 0.2) is 0 Å². The monoisotopic (exact) mass is 181 g/mol. The lowest BCUT2D eigenvalue weighted by molar-refractivity contribution is -0.144. The van der Waals surface area contributed by atoms with Gasteiger partial charge in [-0.15, -0.1) is 5.10 Å². The highest BCUT2D eigenvalue weighted by Gasteiger charge is 2.35. The van der Waals surface area contributed by atoms with Crippen LogP contribution in [0.3, 0.4) is 0 Å². The van der Waals surface area contributed by atoms with Crippen molar-refractivity contribution in [3.05, 3.63) is 11.6 Å². The summed E-state index contributed by atoms with van der Waals surface area (Å²) >= 11 is 0. The Kier molecular flexibility index (Phi) is 3.72. The zero-order valence-corrected chi connectivity index (χ0v) is 7.03. The van der Waals surface area contributed by atoms with Crippen LogP contribution in [-0.4, -0.2) is 15.2 Å². The summed E-state index contributed by atoms with van der Waals surface area (Å²) in [6.07, 6.45) is -4.44. The first-order valence-electron chi connectivity index (χ1n) is 3.46. The third-order valence-electron chi connectivity index (χ3n) is 0.851. The van der Waals surface area contributed by atoms with Crippen molar-refractivity contribution in [2.45, 2.75) is 26.9 Å². The molecule has 0 aliphatic carbocycles. The molecule has 0 bridgehead atoms. The second kappa shape index (κ2) is 4.08. The number of halogens is 3. The normalized spacial score (nSPS) is 10.5. The number of rotatable bonds is 0. The Labute approximate surface area is 68.0 Å². The number of aromatic nitrogens is 3. The van der Waals surface area contributed by atoms with Gasteiger partial charge < -0.3 is 0 Å². The Bertz CT molecular complexity index is 228. The first kappa shape index (κ1) is 10.9. The number of nitrogens with zero attached hydrogens (tertiary/aromatic N) is 2. The third kappa shape index (κ3) is 2.89. The zero-order chi connectivity index (χ0) is 9.78. The van der Waals surface area contributed by atoms with Gasteiger partial charge in [-0.2, -0.15) is 13.2 Å². The smallest absolute Gasteiger partial charge is 0.263 e. The van der Waals surface area contributed by atoms with E-state index < -0.39 is 12.0 Å². The molecule has 0 saturated heterocycles. The van der Waals surface area contributed by atoms with E-state index in [2.05, 4.69) is 15.2 Å². The van der Waals surface area contributed by atoms with Gasteiger partial charge in [-0.3, -0.25) is 5.10 Å². The number of alkyl halides is 3. The maximum Gasteiger partial charge on any atom is 0.453 e. The van der Waals surface area contributed by atoms with Crippen LogP contribution in [0.4, 0.5) is 13.2 Å². The van der Waals surface area contributed by atoms with Crippen molar-refractivity contribution in [1.29, 1.82) is 0 Å². The predicted molar refractivity (Wildman–Crippen MR) is 37.5 cm³/mol. The minimum Gasteiger partial charge on any atom is -0.263 e. The van der Waals surface area contributed by atoms with Crippen molar-refractivity contribution in [3.8, 4) is 0 Å². The Morgan fingerprint density at radius 3 is 1.92 bits per heavy atom. The summed E-state index contributed by atoms with van der Waals surface area (Å²) in [5.74, 6) is -0.961. The minimum atomic E-state index is -4.44. The van der Waals surface area contributed by atoms with Crippen LogP contribution in [0.5, 0.6) is 0 Å². The highest BCUT2D eigenvalue weighted by atomic mass is 19.4. The highest BCUT2D eigenvalue weighted by Crippen LogP contribution is 2.25. The SMILES string of the molecule is CC.Cc1nc(C(F)(F)F)n[nH]1. The van der Waals surface area contributed by atoms with Crippen LogP contribution in [0.15, 0.2) is 0 Å². The molecule has 0 aromatic carbocycles. The van der Waals surface area contributed by atoms with E-state index in [-0.39, 0.29) is 5.82 Å². The van der Waals surface area contributed by atoms with E-state index in [1.165, 1.54) is 6.92 Å². The molecule has 0 aliphatic rings. The zero-order valence-electron chi connectivity index (χ0n) is 7.03. The van der Waals surface area contributed by atoms with Gasteiger partial charge >= 0.3 is 6.18 Å². The fourth-order valence-electron chi connectivity index (χ4n) is 0.469. The molecule has 1 N–H and O–H groups in total. The van der Waals surface area contributed by atoms with Gasteiger partial charge in [0.2, 0.25) is 0 Å². The number of nitrogens with one attached hydrogen (secondary N) is 1. The van der Waals surface area contributed by atoms with Crippen molar-refractivity contribution < 1.29 is 13.2 Å². The van der Waals surface area contributed by atoms with Gasteiger partial charge in [-0.05, 0) is 6.92 Å². The molecule has 0 radical (unpaired) electrons. The number of H-pyrrole nitrogens is 1. The summed E-state index contributed by atoms with van der Waals surface area (Å²) in [4.78, 5) is 3.09. The summed E-state index contributed by atoms with van der Waals surface area (Å²) in [5.41, 5.74) is 0. The van der Waals surface area contributed by atoms with Gasteiger partial charge in [-0.1, -0.05) is 13.8 Å². The summed E-state index contributed by atoms with van der Waals surface area (Å²) < 4.78 is 35.0. The summed E-state index contributed by atoms with van der Waals surface area (Å²) in [7, 11) is 0. The van der Waals surface area contributed by atoms with Crippen LogP contribution in [0, 0.1) is 6.92 Å². The van der Waals surface area contributed by atoms with Crippen molar-refractivity contribution in [1.82, 2.24) is 15.2 Å². The summed E-state index contributed by atoms with van der Waals surface area (Å²) in [6, 6.07) is 0. The van der Waals surface area contributed by atoms with E-state index in [1.807, 2.05) is 13.8 Å². The average Bonchev–Trinajstić information content (AvgIpc) is 2.39. The van der Waals surface area contributed by atoms with Crippen LogP contribution in [0.2, 0.25) is 0 Å². The Hall–Kier alpha value is -1.07. The third-order valence-corrected chi connectivity index (χ3v) is 0.851. The lowest BCUT2D eigenvalue weighted by Gasteiger charge is -1.96. The quantitative estimate of drug-likeness (QED) is 0.666. The molecule has 0 atom stereocenters. The van der Waals surface area contributed by atoms with Crippen molar-refractivity contribution in [3.63, 3.8) is 0 Å². The van der Waals surface area contributed by atoms with Crippen LogP contribution in [0.25, 0.3) is 0 Å². The lowest BCUT2D eigenvalue weighted by atomic mass is 10.6.